The molecule has 0 radical (unpaired) electrons. The molecule has 0 bridgehead atoms. The number of amides is 1. The smallest absolute Gasteiger partial charge is 0.294 e. The Morgan fingerprint density at radius 2 is 1.85 bits per heavy atom. The number of hydrogen-bond acceptors (Lipinski definition) is 4. The molecule has 0 aliphatic rings. The molecule has 0 saturated heterocycles. The first kappa shape index (κ1) is 19.9. The summed E-state index contributed by atoms with van der Waals surface area (Å²) >= 11 is 0. The van der Waals surface area contributed by atoms with Crippen molar-refractivity contribution in [3.05, 3.63) is 53.6 Å². The van der Waals surface area contributed by atoms with Gasteiger partial charge in [-0.25, -0.2) is 0 Å². The minimum absolute atomic E-state index is 0.165. The van der Waals surface area contributed by atoms with E-state index >= 15 is 0 Å². The second-order valence-corrected chi connectivity index (χ2v) is 7.56. The highest BCUT2D eigenvalue weighted by atomic mass is 32.2. The molecule has 140 valence electrons. The van der Waals surface area contributed by atoms with E-state index in [1.54, 1.807) is 0 Å². The third-order valence-electron chi connectivity index (χ3n) is 4.17. The summed E-state index contributed by atoms with van der Waals surface area (Å²) in [6.07, 6.45) is 1.05. The molecule has 1 amide bonds. The van der Waals surface area contributed by atoms with Crippen molar-refractivity contribution in [1.29, 1.82) is 0 Å². The summed E-state index contributed by atoms with van der Waals surface area (Å²) in [4.78, 5) is 11.8. The number of rotatable bonds is 7. The minimum atomic E-state index is -4.27. The van der Waals surface area contributed by atoms with E-state index in [1.807, 2.05) is 24.3 Å². The summed E-state index contributed by atoms with van der Waals surface area (Å²) in [6, 6.07) is 11.8. The Bertz CT molecular complexity index is 875. The Hall–Kier alpha value is -2.38. The van der Waals surface area contributed by atoms with E-state index in [4.69, 9.17) is 9.29 Å². The summed E-state index contributed by atoms with van der Waals surface area (Å²) in [5.74, 6) is 0.710. The zero-order chi connectivity index (χ0) is 19.3. The van der Waals surface area contributed by atoms with Crippen LogP contribution in [0.25, 0.3) is 0 Å². The quantitative estimate of drug-likeness (QED) is 0.717. The maximum atomic E-state index is 12.0. The van der Waals surface area contributed by atoms with Gasteiger partial charge in [-0.2, -0.15) is 8.42 Å². The van der Waals surface area contributed by atoms with Crippen LogP contribution < -0.4 is 10.1 Å². The van der Waals surface area contributed by atoms with Crippen molar-refractivity contribution >= 4 is 21.7 Å². The second-order valence-electron chi connectivity index (χ2n) is 6.17. The first-order valence-electron chi connectivity index (χ1n) is 8.31. The monoisotopic (exact) mass is 377 g/mol. The van der Waals surface area contributed by atoms with Gasteiger partial charge in [0.05, 0.1) is 4.90 Å². The van der Waals surface area contributed by atoms with Crippen molar-refractivity contribution in [1.82, 2.24) is 0 Å². The van der Waals surface area contributed by atoms with Crippen molar-refractivity contribution in [3.8, 4) is 5.75 Å². The highest BCUT2D eigenvalue weighted by Crippen LogP contribution is 2.22. The van der Waals surface area contributed by atoms with Crippen LogP contribution in [0.1, 0.15) is 37.3 Å². The van der Waals surface area contributed by atoms with Gasteiger partial charge >= 0.3 is 0 Å². The Morgan fingerprint density at radius 3 is 2.38 bits per heavy atom. The number of ether oxygens (including phenoxy) is 1. The van der Waals surface area contributed by atoms with Crippen molar-refractivity contribution in [2.75, 3.05) is 11.9 Å². The molecule has 0 spiro atoms. The van der Waals surface area contributed by atoms with E-state index < -0.39 is 10.1 Å². The zero-order valence-electron chi connectivity index (χ0n) is 15.0. The molecule has 0 heterocycles. The number of aryl methyl sites for hydroxylation is 1. The Morgan fingerprint density at radius 1 is 1.19 bits per heavy atom. The summed E-state index contributed by atoms with van der Waals surface area (Å²) in [7, 11) is -4.27. The number of benzene rings is 2. The van der Waals surface area contributed by atoms with Gasteiger partial charge in [-0.1, -0.05) is 26.0 Å². The first-order chi connectivity index (χ1) is 12.2. The maximum Gasteiger partial charge on any atom is 0.294 e. The zero-order valence-corrected chi connectivity index (χ0v) is 15.8. The Kier molecular flexibility index (Phi) is 6.39. The van der Waals surface area contributed by atoms with Crippen LogP contribution in [0.2, 0.25) is 0 Å². The molecule has 2 rings (SSSR count). The van der Waals surface area contributed by atoms with Crippen LogP contribution in [-0.2, 0) is 14.9 Å². The van der Waals surface area contributed by atoms with Gasteiger partial charge in [0.1, 0.15) is 5.75 Å². The van der Waals surface area contributed by atoms with E-state index in [-0.39, 0.29) is 17.4 Å². The van der Waals surface area contributed by atoms with E-state index in [0.29, 0.717) is 22.9 Å². The molecule has 0 saturated carbocycles. The molecule has 2 N–H and O–H groups in total. The molecule has 7 heteroatoms. The van der Waals surface area contributed by atoms with Gasteiger partial charge in [-0.05, 0) is 60.7 Å². The van der Waals surface area contributed by atoms with Crippen molar-refractivity contribution in [3.63, 3.8) is 0 Å². The summed E-state index contributed by atoms with van der Waals surface area (Å²) in [6.45, 7) is 5.65. The third kappa shape index (κ3) is 5.31. The van der Waals surface area contributed by atoms with Gasteiger partial charge in [0.2, 0.25) is 0 Å². The van der Waals surface area contributed by atoms with Crippen LogP contribution in [0.3, 0.4) is 0 Å². The number of nitrogens with one attached hydrogen (secondary N) is 1. The molecule has 6 nitrogen and oxygen atoms in total. The highest BCUT2D eigenvalue weighted by molar-refractivity contribution is 7.85. The number of hydrogen-bond donors (Lipinski definition) is 2. The molecule has 1 unspecified atom stereocenters. The van der Waals surface area contributed by atoms with E-state index in [9.17, 15) is 13.2 Å². The van der Waals surface area contributed by atoms with Crippen molar-refractivity contribution < 1.29 is 22.5 Å². The third-order valence-corrected chi connectivity index (χ3v) is 5.18. The number of anilines is 1. The highest BCUT2D eigenvalue weighted by Gasteiger charge is 2.14. The summed E-state index contributed by atoms with van der Waals surface area (Å²) in [5.41, 5.74) is 1.99. The fourth-order valence-corrected chi connectivity index (χ4v) is 3.20. The number of carbonyl (C=O) groups excluding carboxylic acids is 1. The average Bonchev–Trinajstić information content (AvgIpc) is 2.58. The maximum absolute atomic E-state index is 12.0. The van der Waals surface area contributed by atoms with Gasteiger partial charge in [-0.15, -0.1) is 0 Å². The Labute approximate surface area is 153 Å². The minimum Gasteiger partial charge on any atom is -0.484 e. The lowest BCUT2D eigenvalue weighted by Crippen LogP contribution is -2.20. The molecule has 26 heavy (non-hydrogen) atoms. The van der Waals surface area contributed by atoms with Gasteiger partial charge in [-0.3, -0.25) is 9.35 Å². The lowest BCUT2D eigenvalue weighted by molar-refractivity contribution is -0.118. The molecule has 0 aliphatic carbocycles. The summed E-state index contributed by atoms with van der Waals surface area (Å²) < 4.78 is 36.9. The average molecular weight is 377 g/mol. The fourth-order valence-electron chi connectivity index (χ4n) is 2.49. The largest absolute Gasteiger partial charge is 0.484 e. The van der Waals surface area contributed by atoms with Gasteiger partial charge in [0.15, 0.2) is 6.61 Å². The summed E-state index contributed by atoms with van der Waals surface area (Å²) in [5, 5.41) is 2.63. The van der Waals surface area contributed by atoms with Crippen molar-refractivity contribution in [2.45, 2.75) is 38.0 Å². The van der Waals surface area contributed by atoms with Crippen LogP contribution in [0.4, 0.5) is 5.69 Å². The molecule has 1 atom stereocenters. The lowest BCUT2D eigenvalue weighted by Gasteiger charge is -2.11. The molecule has 0 fully saturated rings. The normalized spacial score (nSPS) is 12.5. The SMILES string of the molecule is CCC(C)c1ccc(OCC(=O)Nc2ccc(S(=O)(=O)O)c(C)c2)cc1. The topological polar surface area (TPSA) is 92.7 Å². The van der Waals surface area contributed by atoms with Crippen molar-refractivity contribution in [2.24, 2.45) is 0 Å². The second kappa shape index (κ2) is 8.33. The van der Waals surface area contributed by atoms with Gasteiger partial charge in [0.25, 0.3) is 16.0 Å². The predicted octanol–water partition coefficient (Wildman–Crippen LogP) is 3.77. The number of carbonyl (C=O) groups is 1. The van der Waals surface area contributed by atoms with Crippen LogP contribution in [0.5, 0.6) is 5.75 Å². The molecular weight excluding hydrogens is 354 g/mol. The van der Waals surface area contributed by atoms with Crippen LogP contribution >= 0.6 is 0 Å². The molecule has 2 aromatic carbocycles. The fraction of sp³-hybridized carbons (Fsp3) is 0.316. The predicted molar refractivity (Wildman–Crippen MR) is 100 cm³/mol. The molecule has 0 aliphatic heterocycles. The lowest BCUT2D eigenvalue weighted by atomic mass is 9.99. The van der Waals surface area contributed by atoms with Crippen LogP contribution in [0, 0.1) is 6.92 Å². The molecular formula is C19H23NO5S. The standard InChI is InChI=1S/C19H23NO5S/c1-4-13(2)15-5-8-17(9-6-15)25-12-19(21)20-16-7-10-18(14(3)11-16)26(22,23)24/h5-11,13H,4,12H2,1-3H3,(H,20,21)(H,22,23,24). The molecule has 0 aromatic heterocycles. The van der Waals surface area contributed by atoms with E-state index in [0.717, 1.165) is 6.42 Å². The Balaban J connectivity index is 1.94. The van der Waals surface area contributed by atoms with E-state index in [2.05, 4.69) is 19.2 Å². The van der Waals surface area contributed by atoms with Gasteiger partial charge in [0, 0.05) is 5.69 Å². The van der Waals surface area contributed by atoms with Crippen LogP contribution in [-0.4, -0.2) is 25.5 Å². The first-order valence-corrected chi connectivity index (χ1v) is 9.75. The van der Waals surface area contributed by atoms with Gasteiger partial charge < -0.3 is 10.1 Å². The van der Waals surface area contributed by atoms with Crippen LogP contribution in [0.15, 0.2) is 47.4 Å². The molecule has 2 aromatic rings. The van der Waals surface area contributed by atoms with E-state index in [1.165, 1.54) is 30.7 Å².